The maximum atomic E-state index is 12.6. The smallest absolute Gasteiger partial charge is 0.260 e. The Bertz CT molecular complexity index is 988. The standard InChI is InChI=1S/C21H27ClN2O4S/c1-13(2)18-11-19(22)14(3)10-20(18)28-12-21(25)24(5)15(4)16-6-8-17(9-7-16)29(23,26)27/h6-11,13,15H,12H2,1-5H3,(H2,23,26,27). The Morgan fingerprint density at radius 3 is 2.28 bits per heavy atom. The van der Waals surface area contributed by atoms with Crippen molar-refractivity contribution in [3.63, 3.8) is 0 Å². The van der Waals surface area contributed by atoms with Crippen molar-refractivity contribution in [3.8, 4) is 5.75 Å². The van der Waals surface area contributed by atoms with Crippen LogP contribution in [0.25, 0.3) is 0 Å². The predicted molar refractivity (Wildman–Crippen MR) is 115 cm³/mol. The molecule has 1 atom stereocenters. The molecule has 0 aliphatic carbocycles. The molecule has 0 spiro atoms. The SMILES string of the molecule is Cc1cc(OCC(=O)N(C)C(C)c2ccc(S(N)(=O)=O)cc2)c(C(C)C)cc1Cl. The average Bonchev–Trinajstić information content (AvgIpc) is 2.66. The first kappa shape index (κ1) is 23.2. The Labute approximate surface area is 177 Å². The van der Waals surface area contributed by atoms with Gasteiger partial charge in [-0.1, -0.05) is 37.6 Å². The van der Waals surface area contributed by atoms with Gasteiger partial charge in [0.2, 0.25) is 10.0 Å². The molecule has 2 N–H and O–H groups in total. The molecule has 0 aliphatic rings. The van der Waals surface area contributed by atoms with Gasteiger partial charge in [0.05, 0.1) is 10.9 Å². The number of aryl methyl sites for hydroxylation is 1. The fourth-order valence-electron chi connectivity index (χ4n) is 2.86. The van der Waals surface area contributed by atoms with E-state index in [1.165, 1.54) is 12.1 Å². The predicted octanol–water partition coefficient (Wildman–Crippen LogP) is 4.02. The highest BCUT2D eigenvalue weighted by Gasteiger charge is 2.20. The molecule has 2 aromatic carbocycles. The number of carbonyl (C=O) groups is 1. The van der Waals surface area contributed by atoms with Gasteiger partial charge in [-0.05, 0) is 60.7 Å². The first-order valence-corrected chi connectivity index (χ1v) is 11.2. The van der Waals surface area contributed by atoms with Gasteiger partial charge >= 0.3 is 0 Å². The molecule has 0 bridgehead atoms. The van der Waals surface area contributed by atoms with Gasteiger partial charge in [0.15, 0.2) is 6.61 Å². The number of nitrogens with zero attached hydrogens (tertiary/aromatic N) is 1. The summed E-state index contributed by atoms with van der Waals surface area (Å²) in [7, 11) is -2.07. The fraction of sp³-hybridized carbons (Fsp3) is 0.381. The molecule has 0 aliphatic heterocycles. The lowest BCUT2D eigenvalue weighted by Gasteiger charge is -2.26. The number of carbonyl (C=O) groups excluding carboxylic acids is 1. The zero-order chi connectivity index (χ0) is 21.9. The second kappa shape index (κ2) is 9.15. The lowest BCUT2D eigenvalue weighted by Crippen LogP contribution is -2.33. The summed E-state index contributed by atoms with van der Waals surface area (Å²) >= 11 is 6.22. The third-order valence-corrected chi connectivity index (χ3v) is 6.27. The van der Waals surface area contributed by atoms with Crippen LogP contribution in [-0.2, 0) is 14.8 Å². The third-order valence-electron chi connectivity index (χ3n) is 4.93. The molecule has 2 rings (SSSR count). The van der Waals surface area contributed by atoms with Crippen LogP contribution < -0.4 is 9.88 Å². The van der Waals surface area contributed by atoms with E-state index < -0.39 is 10.0 Å². The summed E-state index contributed by atoms with van der Waals surface area (Å²) in [6.07, 6.45) is 0. The molecule has 1 amide bonds. The van der Waals surface area contributed by atoms with Gasteiger partial charge in [-0.2, -0.15) is 0 Å². The van der Waals surface area contributed by atoms with E-state index in [2.05, 4.69) is 0 Å². The molecule has 158 valence electrons. The monoisotopic (exact) mass is 438 g/mol. The van der Waals surface area contributed by atoms with Gasteiger partial charge in [0.25, 0.3) is 5.91 Å². The second-order valence-electron chi connectivity index (χ2n) is 7.38. The van der Waals surface area contributed by atoms with E-state index in [-0.39, 0.29) is 29.4 Å². The zero-order valence-corrected chi connectivity index (χ0v) is 18.8. The second-order valence-corrected chi connectivity index (χ2v) is 9.35. The van der Waals surface area contributed by atoms with Gasteiger partial charge < -0.3 is 9.64 Å². The highest BCUT2D eigenvalue weighted by Crippen LogP contribution is 2.32. The highest BCUT2D eigenvalue weighted by molar-refractivity contribution is 7.89. The van der Waals surface area contributed by atoms with Crippen LogP contribution in [0.1, 0.15) is 49.4 Å². The third kappa shape index (κ3) is 5.72. The molecule has 0 radical (unpaired) electrons. The Balaban J connectivity index is 2.10. The van der Waals surface area contributed by atoms with Crippen LogP contribution in [0.3, 0.4) is 0 Å². The first-order chi connectivity index (χ1) is 13.4. The van der Waals surface area contributed by atoms with Gasteiger partial charge in [0.1, 0.15) is 5.75 Å². The molecule has 0 fully saturated rings. The van der Waals surface area contributed by atoms with E-state index in [0.29, 0.717) is 10.8 Å². The summed E-state index contributed by atoms with van der Waals surface area (Å²) in [6, 6.07) is 9.62. The maximum Gasteiger partial charge on any atom is 0.260 e. The van der Waals surface area contributed by atoms with Crippen LogP contribution in [0.2, 0.25) is 5.02 Å². The topological polar surface area (TPSA) is 89.7 Å². The van der Waals surface area contributed by atoms with Crippen molar-refractivity contribution in [1.29, 1.82) is 0 Å². The molecule has 8 heteroatoms. The van der Waals surface area contributed by atoms with E-state index in [0.717, 1.165) is 16.7 Å². The number of hydrogen-bond donors (Lipinski definition) is 1. The highest BCUT2D eigenvalue weighted by atomic mass is 35.5. The van der Waals surface area contributed by atoms with Crippen molar-refractivity contribution in [2.24, 2.45) is 5.14 Å². The molecule has 0 aromatic heterocycles. The summed E-state index contributed by atoms with van der Waals surface area (Å²) in [4.78, 5) is 14.2. The van der Waals surface area contributed by atoms with E-state index >= 15 is 0 Å². The van der Waals surface area contributed by atoms with Crippen molar-refractivity contribution in [2.75, 3.05) is 13.7 Å². The van der Waals surface area contributed by atoms with Gasteiger partial charge in [-0.3, -0.25) is 4.79 Å². The van der Waals surface area contributed by atoms with E-state index in [1.807, 2.05) is 39.8 Å². The number of nitrogens with two attached hydrogens (primary N) is 1. The minimum absolute atomic E-state index is 0.0325. The molecular weight excluding hydrogens is 412 g/mol. The number of amides is 1. The summed E-state index contributed by atoms with van der Waals surface area (Å²) in [5.41, 5.74) is 2.62. The number of likely N-dealkylation sites (N-methyl/N-ethyl adjacent to an activating group) is 1. The number of sulfonamides is 1. The van der Waals surface area contributed by atoms with Gasteiger partial charge in [-0.25, -0.2) is 13.6 Å². The molecule has 2 aromatic rings. The maximum absolute atomic E-state index is 12.6. The summed E-state index contributed by atoms with van der Waals surface area (Å²) in [5, 5.41) is 5.79. The Hall–Kier alpha value is -2.09. The van der Waals surface area contributed by atoms with Crippen molar-refractivity contribution >= 4 is 27.5 Å². The molecule has 29 heavy (non-hydrogen) atoms. The molecule has 0 heterocycles. The Kier molecular flexibility index (Phi) is 7.32. The van der Waals surface area contributed by atoms with Crippen LogP contribution in [0.4, 0.5) is 0 Å². The Morgan fingerprint density at radius 2 is 1.76 bits per heavy atom. The normalized spacial score (nSPS) is 12.7. The number of rotatable bonds is 7. The number of benzene rings is 2. The van der Waals surface area contributed by atoms with Gasteiger partial charge in [-0.15, -0.1) is 0 Å². The van der Waals surface area contributed by atoms with Crippen LogP contribution in [-0.4, -0.2) is 32.9 Å². The minimum Gasteiger partial charge on any atom is -0.483 e. The molecular formula is C21H27ClN2O4S. The lowest BCUT2D eigenvalue weighted by molar-refractivity contribution is -0.134. The summed E-state index contributed by atoms with van der Waals surface area (Å²) in [6.45, 7) is 7.71. The van der Waals surface area contributed by atoms with Crippen LogP contribution in [0.15, 0.2) is 41.3 Å². The van der Waals surface area contributed by atoms with Crippen LogP contribution >= 0.6 is 11.6 Å². The Morgan fingerprint density at radius 1 is 1.17 bits per heavy atom. The van der Waals surface area contributed by atoms with Crippen molar-refractivity contribution in [2.45, 2.75) is 44.6 Å². The molecule has 6 nitrogen and oxygen atoms in total. The first-order valence-electron chi connectivity index (χ1n) is 9.23. The van der Waals surface area contributed by atoms with Crippen LogP contribution in [0.5, 0.6) is 5.75 Å². The van der Waals surface area contributed by atoms with Crippen molar-refractivity contribution < 1.29 is 17.9 Å². The average molecular weight is 439 g/mol. The minimum atomic E-state index is -3.75. The van der Waals surface area contributed by atoms with E-state index in [4.69, 9.17) is 21.5 Å². The van der Waals surface area contributed by atoms with Crippen molar-refractivity contribution in [1.82, 2.24) is 4.90 Å². The van der Waals surface area contributed by atoms with E-state index in [1.54, 1.807) is 24.1 Å². The summed E-state index contributed by atoms with van der Waals surface area (Å²) < 4.78 is 28.6. The fourth-order valence-corrected chi connectivity index (χ4v) is 3.55. The lowest BCUT2D eigenvalue weighted by atomic mass is 10.0. The number of ether oxygens (including phenoxy) is 1. The summed E-state index contributed by atoms with van der Waals surface area (Å²) in [5.74, 6) is 0.649. The number of primary sulfonamides is 1. The van der Waals surface area contributed by atoms with Crippen LogP contribution in [0, 0.1) is 6.92 Å². The molecule has 0 saturated carbocycles. The van der Waals surface area contributed by atoms with E-state index in [9.17, 15) is 13.2 Å². The largest absolute Gasteiger partial charge is 0.483 e. The number of halogens is 1. The molecule has 0 saturated heterocycles. The van der Waals surface area contributed by atoms with Gasteiger partial charge in [0, 0.05) is 12.1 Å². The zero-order valence-electron chi connectivity index (χ0n) is 17.3. The number of hydrogen-bond acceptors (Lipinski definition) is 4. The molecule has 1 unspecified atom stereocenters. The quantitative estimate of drug-likeness (QED) is 0.706. The van der Waals surface area contributed by atoms with Crippen molar-refractivity contribution in [3.05, 3.63) is 58.1 Å².